The molecule has 2 aromatic carbocycles. The van der Waals surface area contributed by atoms with Crippen LogP contribution in [-0.2, 0) is 16.6 Å². The lowest BCUT2D eigenvalue weighted by molar-refractivity contribution is -0.384. The molecule has 3 aromatic rings. The maximum absolute atomic E-state index is 12.9. The highest BCUT2D eigenvalue weighted by atomic mass is 32.2. The van der Waals surface area contributed by atoms with Crippen LogP contribution in [-0.4, -0.2) is 53.7 Å². The fraction of sp³-hybridized carbons (Fsp3) is 0.318. The molecule has 2 heterocycles. The molecule has 0 atom stereocenters. The van der Waals surface area contributed by atoms with E-state index < -0.39 is 14.9 Å². The van der Waals surface area contributed by atoms with Crippen molar-refractivity contribution in [2.75, 3.05) is 26.2 Å². The topological polar surface area (TPSA) is 110 Å². The summed E-state index contributed by atoms with van der Waals surface area (Å²) in [5.41, 5.74) is 3.90. The summed E-state index contributed by atoms with van der Waals surface area (Å²) in [4.78, 5) is 17.0. The Hall–Kier alpha value is -3.08. The second kappa shape index (κ2) is 8.81. The number of rotatable bonds is 6. The Morgan fingerprint density at radius 2 is 1.75 bits per heavy atom. The number of benzene rings is 2. The summed E-state index contributed by atoms with van der Waals surface area (Å²) in [6.07, 6.45) is 1.65. The monoisotopic (exact) mass is 456 g/mol. The Balaban J connectivity index is 1.38. The van der Waals surface area contributed by atoms with Crippen molar-refractivity contribution in [2.24, 2.45) is 0 Å². The van der Waals surface area contributed by atoms with Crippen molar-refractivity contribution in [3.63, 3.8) is 0 Å². The number of aromatic nitrogens is 1. The second-order valence-corrected chi connectivity index (χ2v) is 9.83. The summed E-state index contributed by atoms with van der Waals surface area (Å²) < 4.78 is 32.8. The molecule has 1 aliphatic heterocycles. The summed E-state index contributed by atoms with van der Waals surface area (Å²) >= 11 is 0. The molecule has 0 saturated carbocycles. The largest absolute Gasteiger partial charge is 0.444 e. The van der Waals surface area contributed by atoms with E-state index in [0.717, 1.165) is 16.8 Å². The molecule has 0 unspecified atom stereocenters. The molecule has 0 amide bonds. The molecular weight excluding hydrogens is 432 g/mol. The van der Waals surface area contributed by atoms with E-state index in [-0.39, 0.29) is 10.6 Å². The molecule has 32 heavy (non-hydrogen) atoms. The number of hydrogen-bond acceptors (Lipinski definition) is 7. The lowest BCUT2D eigenvalue weighted by Crippen LogP contribution is -2.48. The van der Waals surface area contributed by atoms with Crippen molar-refractivity contribution in [3.05, 3.63) is 75.7 Å². The van der Waals surface area contributed by atoms with Gasteiger partial charge in [0.25, 0.3) is 5.69 Å². The number of nitro benzene ring substituents is 1. The molecule has 1 aromatic heterocycles. The first kappa shape index (κ1) is 22.1. The molecule has 0 spiro atoms. The van der Waals surface area contributed by atoms with Gasteiger partial charge in [0.05, 0.1) is 15.5 Å². The molecule has 0 bridgehead atoms. The summed E-state index contributed by atoms with van der Waals surface area (Å²) in [5.74, 6) is 0.580. The van der Waals surface area contributed by atoms with Crippen LogP contribution in [0, 0.1) is 24.0 Å². The molecule has 1 fully saturated rings. The van der Waals surface area contributed by atoms with Crippen molar-refractivity contribution >= 4 is 15.7 Å². The Morgan fingerprint density at radius 1 is 1.06 bits per heavy atom. The number of hydrogen-bond donors (Lipinski definition) is 0. The van der Waals surface area contributed by atoms with Gasteiger partial charge >= 0.3 is 0 Å². The minimum absolute atomic E-state index is 0.0613. The average Bonchev–Trinajstić information content (AvgIpc) is 3.22. The van der Waals surface area contributed by atoms with E-state index in [9.17, 15) is 18.5 Å². The molecule has 4 rings (SSSR count). The predicted molar refractivity (Wildman–Crippen MR) is 119 cm³/mol. The summed E-state index contributed by atoms with van der Waals surface area (Å²) in [7, 11) is -3.69. The van der Waals surface area contributed by atoms with E-state index in [0.29, 0.717) is 38.6 Å². The van der Waals surface area contributed by atoms with E-state index >= 15 is 0 Å². The van der Waals surface area contributed by atoms with Crippen LogP contribution in [0.25, 0.3) is 11.5 Å². The molecular formula is C22H24N4O5S. The highest BCUT2D eigenvalue weighted by Crippen LogP contribution is 2.25. The quantitative estimate of drug-likeness (QED) is 0.413. The fourth-order valence-electron chi connectivity index (χ4n) is 3.80. The SMILES string of the molecule is Cc1ccc(-c2nc(CN3CCN(S(=O)(=O)c4ccc([N+](=O)[O-])cc4)CC3)co2)c(C)c1. The minimum Gasteiger partial charge on any atom is -0.444 e. The molecule has 1 aliphatic rings. The first-order valence-electron chi connectivity index (χ1n) is 10.2. The first-order valence-corrected chi connectivity index (χ1v) is 11.7. The van der Waals surface area contributed by atoms with Crippen molar-refractivity contribution in [1.82, 2.24) is 14.2 Å². The van der Waals surface area contributed by atoms with Crippen molar-refractivity contribution in [1.29, 1.82) is 0 Å². The Bertz CT molecular complexity index is 1230. The molecule has 0 radical (unpaired) electrons. The van der Waals surface area contributed by atoms with E-state index in [1.807, 2.05) is 26.0 Å². The van der Waals surface area contributed by atoms with Crippen molar-refractivity contribution in [3.8, 4) is 11.5 Å². The van der Waals surface area contributed by atoms with Gasteiger partial charge in [-0.25, -0.2) is 13.4 Å². The molecule has 168 valence electrons. The van der Waals surface area contributed by atoms with Crippen molar-refractivity contribution < 1.29 is 17.8 Å². The predicted octanol–water partition coefficient (Wildman–Crippen LogP) is 3.37. The zero-order chi connectivity index (χ0) is 22.9. The third kappa shape index (κ3) is 4.57. The Morgan fingerprint density at radius 3 is 2.38 bits per heavy atom. The van der Waals surface area contributed by atoms with Gasteiger partial charge in [-0.05, 0) is 37.6 Å². The third-order valence-corrected chi connectivity index (χ3v) is 7.48. The maximum Gasteiger partial charge on any atom is 0.269 e. The normalized spacial score (nSPS) is 15.7. The van der Waals surface area contributed by atoms with Crippen LogP contribution in [0.1, 0.15) is 16.8 Å². The molecule has 1 saturated heterocycles. The average molecular weight is 457 g/mol. The number of aryl methyl sites for hydroxylation is 2. The number of piperazine rings is 1. The van der Waals surface area contributed by atoms with Crippen LogP contribution in [0.4, 0.5) is 5.69 Å². The van der Waals surface area contributed by atoms with Crippen LogP contribution >= 0.6 is 0 Å². The lowest BCUT2D eigenvalue weighted by Gasteiger charge is -2.33. The van der Waals surface area contributed by atoms with E-state index in [4.69, 9.17) is 4.42 Å². The first-order chi connectivity index (χ1) is 15.2. The zero-order valence-corrected chi connectivity index (χ0v) is 18.7. The summed E-state index contributed by atoms with van der Waals surface area (Å²) in [6.45, 7) is 6.41. The van der Waals surface area contributed by atoms with Gasteiger partial charge in [-0.2, -0.15) is 4.31 Å². The van der Waals surface area contributed by atoms with E-state index in [1.54, 1.807) is 6.26 Å². The Kier molecular flexibility index (Phi) is 6.09. The van der Waals surface area contributed by atoms with Gasteiger partial charge in [0, 0.05) is 50.4 Å². The Labute approximate surface area is 186 Å². The number of oxazole rings is 1. The van der Waals surface area contributed by atoms with Gasteiger partial charge in [-0.15, -0.1) is 0 Å². The summed E-state index contributed by atoms with van der Waals surface area (Å²) in [6, 6.07) is 11.1. The standard InChI is InChI=1S/C22H24N4O5S/c1-16-3-8-21(17(2)13-16)22-23-18(15-31-22)14-24-9-11-25(12-10-24)32(29,30)20-6-4-19(5-7-20)26(27)28/h3-8,13,15H,9-12,14H2,1-2H3. The van der Waals surface area contributed by atoms with Gasteiger partial charge in [0.15, 0.2) is 0 Å². The van der Waals surface area contributed by atoms with Crippen LogP contribution in [0.15, 0.2) is 58.0 Å². The van der Waals surface area contributed by atoms with E-state index in [2.05, 4.69) is 16.0 Å². The molecule has 10 heteroatoms. The number of nitro groups is 1. The van der Waals surface area contributed by atoms with Crippen molar-refractivity contribution in [2.45, 2.75) is 25.3 Å². The molecule has 0 N–H and O–H groups in total. The number of nitrogens with zero attached hydrogens (tertiary/aromatic N) is 4. The number of non-ortho nitro benzene ring substituents is 1. The van der Waals surface area contributed by atoms with E-state index in [1.165, 1.54) is 34.1 Å². The van der Waals surface area contributed by atoms with Gasteiger partial charge in [-0.1, -0.05) is 17.7 Å². The third-order valence-electron chi connectivity index (χ3n) is 5.57. The second-order valence-electron chi connectivity index (χ2n) is 7.89. The zero-order valence-electron chi connectivity index (χ0n) is 17.9. The van der Waals surface area contributed by atoms with Gasteiger partial charge < -0.3 is 4.42 Å². The van der Waals surface area contributed by atoms with Gasteiger partial charge in [0.2, 0.25) is 15.9 Å². The van der Waals surface area contributed by atoms with Gasteiger partial charge in [0.1, 0.15) is 6.26 Å². The fourth-order valence-corrected chi connectivity index (χ4v) is 5.23. The molecule has 9 nitrogen and oxygen atoms in total. The number of sulfonamides is 1. The van der Waals surface area contributed by atoms with Crippen LogP contribution < -0.4 is 0 Å². The molecule has 0 aliphatic carbocycles. The maximum atomic E-state index is 12.9. The highest BCUT2D eigenvalue weighted by Gasteiger charge is 2.29. The lowest BCUT2D eigenvalue weighted by atomic mass is 10.1. The minimum atomic E-state index is -3.69. The van der Waals surface area contributed by atoms with Gasteiger partial charge in [-0.3, -0.25) is 15.0 Å². The smallest absolute Gasteiger partial charge is 0.269 e. The summed E-state index contributed by atoms with van der Waals surface area (Å²) in [5, 5.41) is 10.8. The van der Waals surface area contributed by atoms with Crippen LogP contribution in [0.2, 0.25) is 0 Å². The highest BCUT2D eigenvalue weighted by molar-refractivity contribution is 7.89. The van der Waals surface area contributed by atoms with Crippen LogP contribution in [0.3, 0.4) is 0 Å². The van der Waals surface area contributed by atoms with Crippen LogP contribution in [0.5, 0.6) is 0 Å².